The van der Waals surface area contributed by atoms with Crippen molar-refractivity contribution in [1.82, 2.24) is 10.6 Å². The number of guanidine groups is 1. The second-order valence-electron chi connectivity index (χ2n) is 6.13. The highest BCUT2D eigenvalue weighted by molar-refractivity contribution is 14.0. The lowest BCUT2D eigenvalue weighted by atomic mass is 9.99. The molecule has 7 heteroatoms. The van der Waals surface area contributed by atoms with Crippen LogP contribution in [0.15, 0.2) is 23.2 Å². The first-order chi connectivity index (χ1) is 11.6. The number of aliphatic imine (C=N–C) groups is 1. The van der Waals surface area contributed by atoms with Crippen LogP contribution in [0.25, 0.3) is 0 Å². The molecule has 2 rings (SSSR count). The molecule has 0 aromatic heterocycles. The Kier molecular flexibility index (Phi) is 10.1. The third-order valence-corrected chi connectivity index (χ3v) is 5.83. The Morgan fingerprint density at radius 3 is 2.64 bits per heavy atom. The normalized spacial score (nSPS) is 16.9. The number of halogens is 2. The fourth-order valence-electron chi connectivity index (χ4n) is 2.69. The third kappa shape index (κ3) is 6.94. The van der Waals surface area contributed by atoms with Crippen molar-refractivity contribution in [1.29, 1.82) is 0 Å². The lowest BCUT2D eigenvalue weighted by Gasteiger charge is -2.36. The molecule has 1 fully saturated rings. The Morgan fingerprint density at radius 1 is 1.32 bits per heavy atom. The van der Waals surface area contributed by atoms with E-state index in [4.69, 9.17) is 4.74 Å². The van der Waals surface area contributed by atoms with Crippen molar-refractivity contribution in [3.05, 3.63) is 35.1 Å². The predicted octanol–water partition coefficient (Wildman–Crippen LogP) is 3.72. The van der Waals surface area contributed by atoms with Crippen LogP contribution in [0.1, 0.15) is 30.9 Å². The van der Waals surface area contributed by atoms with Crippen LogP contribution in [-0.2, 0) is 11.3 Å². The molecule has 1 aromatic rings. The van der Waals surface area contributed by atoms with Crippen molar-refractivity contribution in [2.75, 3.05) is 32.6 Å². The van der Waals surface area contributed by atoms with Gasteiger partial charge in [-0.1, -0.05) is 12.1 Å². The largest absolute Gasteiger partial charge is 0.381 e. The first-order valence-electron chi connectivity index (χ1n) is 8.49. The predicted molar refractivity (Wildman–Crippen MR) is 116 cm³/mol. The van der Waals surface area contributed by atoms with Crippen molar-refractivity contribution in [3.8, 4) is 0 Å². The van der Waals surface area contributed by atoms with Gasteiger partial charge in [0.15, 0.2) is 5.96 Å². The van der Waals surface area contributed by atoms with E-state index in [2.05, 4.69) is 21.9 Å². The van der Waals surface area contributed by atoms with Crippen molar-refractivity contribution in [3.63, 3.8) is 0 Å². The number of nitrogens with one attached hydrogen (secondary N) is 2. The average molecular weight is 481 g/mol. The summed E-state index contributed by atoms with van der Waals surface area (Å²) in [5.41, 5.74) is 1.54. The SMILES string of the molecule is CCNC(=NCc1ccc(C)c(F)c1)NCC1(SC)CCOCC1.I. The van der Waals surface area contributed by atoms with E-state index in [1.807, 2.05) is 24.8 Å². The van der Waals surface area contributed by atoms with E-state index >= 15 is 0 Å². The Morgan fingerprint density at radius 2 is 2.04 bits per heavy atom. The zero-order valence-corrected chi connectivity index (χ0v) is 18.4. The summed E-state index contributed by atoms with van der Waals surface area (Å²) in [6, 6.07) is 5.28. The van der Waals surface area contributed by atoms with Gasteiger partial charge in [0.1, 0.15) is 5.82 Å². The van der Waals surface area contributed by atoms with Crippen molar-refractivity contribution in [2.45, 2.75) is 38.0 Å². The van der Waals surface area contributed by atoms with Crippen LogP contribution in [0.2, 0.25) is 0 Å². The van der Waals surface area contributed by atoms with Crippen LogP contribution in [0.4, 0.5) is 4.39 Å². The molecule has 0 bridgehead atoms. The molecule has 0 radical (unpaired) electrons. The zero-order chi connectivity index (χ0) is 17.4. The number of hydrogen-bond acceptors (Lipinski definition) is 3. The molecule has 1 saturated heterocycles. The molecule has 0 spiro atoms. The molecule has 4 nitrogen and oxygen atoms in total. The number of benzene rings is 1. The van der Waals surface area contributed by atoms with Crippen LogP contribution in [-0.4, -0.2) is 43.3 Å². The molecule has 1 heterocycles. The Labute approximate surface area is 171 Å². The highest BCUT2D eigenvalue weighted by atomic mass is 127. The topological polar surface area (TPSA) is 45.7 Å². The van der Waals surface area contributed by atoms with Gasteiger partial charge in [0.2, 0.25) is 0 Å². The fourth-order valence-corrected chi connectivity index (χ4v) is 3.48. The molecule has 2 N–H and O–H groups in total. The lowest BCUT2D eigenvalue weighted by Crippen LogP contribution is -2.47. The van der Waals surface area contributed by atoms with Gasteiger partial charge in [0, 0.05) is 31.1 Å². The highest BCUT2D eigenvalue weighted by Crippen LogP contribution is 2.32. The summed E-state index contributed by atoms with van der Waals surface area (Å²) in [6.07, 6.45) is 4.25. The Hall–Kier alpha value is -0.540. The smallest absolute Gasteiger partial charge is 0.191 e. The standard InChI is InChI=1S/C18H28FN3OS.HI/c1-4-20-17(21-12-15-6-5-14(2)16(19)11-15)22-13-18(24-3)7-9-23-10-8-18;/h5-6,11H,4,7-10,12-13H2,1-3H3,(H2,20,21,22);1H. The average Bonchev–Trinajstić information content (AvgIpc) is 2.61. The minimum atomic E-state index is -0.177. The van der Waals surface area contributed by atoms with E-state index in [0.717, 1.165) is 50.7 Å². The first-order valence-corrected chi connectivity index (χ1v) is 9.71. The van der Waals surface area contributed by atoms with Gasteiger partial charge in [-0.25, -0.2) is 9.38 Å². The fraction of sp³-hybridized carbons (Fsp3) is 0.611. The molecule has 1 aliphatic rings. The first kappa shape index (κ1) is 22.5. The van der Waals surface area contributed by atoms with E-state index in [-0.39, 0.29) is 34.5 Å². The van der Waals surface area contributed by atoms with Gasteiger partial charge >= 0.3 is 0 Å². The zero-order valence-electron chi connectivity index (χ0n) is 15.2. The molecule has 1 aromatic carbocycles. The lowest BCUT2D eigenvalue weighted by molar-refractivity contribution is 0.0783. The second kappa shape index (κ2) is 11.2. The Bertz CT molecular complexity index is 565. The van der Waals surface area contributed by atoms with E-state index < -0.39 is 0 Å². The van der Waals surface area contributed by atoms with E-state index in [1.54, 1.807) is 19.1 Å². The number of rotatable bonds is 6. The van der Waals surface area contributed by atoms with Gasteiger partial charge < -0.3 is 15.4 Å². The quantitative estimate of drug-likeness (QED) is 0.370. The van der Waals surface area contributed by atoms with Gasteiger partial charge in [-0.2, -0.15) is 11.8 Å². The van der Waals surface area contributed by atoms with E-state index in [1.165, 1.54) is 0 Å². The highest BCUT2D eigenvalue weighted by Gasteiger charge is 2.31. The molecule has 0 atom stereocenters. The van der Waals surface area contributed by atoms with Gasteiger partial charge in [0.05, 0.1) is 6.54 Å². The molecule has 25 heavy (non-hydrogen) atoms. The van der Waals surface area contributed by atoms with Crippen LogP contribution in [0, 0.1) is 12.7 Å². The molecule has 142 valence electrons. The molecule has 0 amide bonds. The van der Waals surface area contributed by atoms with Gasteiger partial charge in [-0.05, 0) is 50.1 Å². The summed E-state index contributed by atoms with van der Waals surface area (Å²) >= 11 is 1.90. The van der Waals surface area contributed by atoms with Crippen LogP contribution < -0.4 is 10.6 Å². The van der Waals surface area contributed by atoms with Crippen LogP contribution in [0.3, 0.4) is 0 Å². The van der Waals surface area contributed by atoms with E-state index in [0.29, 0.717) is 12.1 Å². The van der Waals surface area contributed by atoms with Crippen LogP contribution in [0.5, 0.6) is 0 Å². The summed E-state index contributed by atoms with van der Waals surface area (Å²) in [5, 5.41) is 6.71. The number of aryl methyl sites for hydroxylation is 1. The van der Waals surface area contributed by atoms with E-state index in [9.17, 15) is 4.39 Å². The minimum Gasteiger partial charge on any atom is -0.381 e. The Balaban J connectivity index is 0.00000312. The molecule has 0 unspecified atom stereocenters. The van der Waals surface area contributed by atoms with Gasteiger partial charge in [0.25, 0.3) is 0 Å². The molecular formula is C18H29FIN3OS. The number of nitrogens with zero attached hydrogens (tertiary/aromatic N) is 1. The van der Waals surface area contributed by atoms with Crippen molar-refractivity contribution >= 4 is 41.7 Å². The maximum absolute atomic E-state index is 13.6. The maximum atomic E-state index is 13.6. The summed E-state index contributed by atoms with van der Waals surface area (Å²) in [4.78, 5) is 4.59. The summed E-state index contributed by atoms with van der Waals surface area (Å²) in [7, 11) is 0. The summed E-state index contributed by atoms with van der Waals surface area (Å²) < 4.78 is 19.3. The molecular weight excluding hydrogens is 452 g/mol. The summed E-state index contributed by atoms with van der Waals surface area (Å²) in [5.74, 6) is 0.600. The van der Waals surface area contributed by atoms with Crippen LogP contribution >= 0.6 is 35.7 Å². The summed E-state index contributed by atoms with van der Waals surface area (Å²) in [6.45, 7) is 7.56. The van der Waals surface area contributed by atoms with Gasteiger partial charge in [-0.3, -0.25) is 0 Å². The van der Waals surface area contributed by atoms with Crippen molar-refractivity contribution < 1.29 is 9.13 Å². The third-order valence-electron chi connectivity index (χ3n) is 4.42. The monoisotopic (exact) mass is 481 g/mol. The number of hydrogen-bond donors (Lipinski definition) is 2. The molecule has 0 aliphatic carbocycles. The molecule has 1 aliphatic heterocycles. The van der Waals surface area contributed by atoms with Crippen molar-refractivity contribution in [2.24, 2.45) is 4.99 Å². The number of ether oxygens (including phenoxy) is 1. The maximum Gasteiger partial charge on any atom is 0.191 e. The molecule has 0 saturated carbocycles. The minimum absolute atomic E-state index is 0. The number of thioether (sulfide) groups is 1. The second-order valence-corrected chi connectivity index (χ2v) is 7.41. The van der Waals surface area contributed by atoms with Gasteiger partial charge in [-0.15, -0.1) is 24.0 Å².